The van der Waals surface area contributed by atoms with Crippen molar-refractivity contribution in [2.24, 2.45) is 16.6 Å². The standard InChI is InChI=1S/C16H14ClF4N7O2/c17-9-4-28(14(20)21)26-11(9)13(29)24-6-1-8(12(19)23-3-6)16(5-18)7-2-10(7)27-30-15(22)25-16/h1,3-4,7,10,14,27H,2,5H2,(H2,22,25)(H,24,29)/t7-,10+,16-/m0/s1. The molecule has 1 amide bonds. The number of aromatic nitrogens is 3. The highest BCUT2D eigenvalue weighted by molar-refractivity contribution is 6.34. The Morgan fingerprint density at radius 1 is 1.53 bits per heavy atom. The van der Waals surface area contributed by atoms with E-state index in [4.69, 9.17) is 22.2 Å². The van der Waals surface area contributed by atoms with Crippen molar-refractivity contribution in [3.05, 3.63) is 40.7 Å². The van der Waals surface area contributed by atoms with Gasteiger partial charge in [-0.2, -0.15) is 18.3 Å². The maximum Gasteiger partial charge on any atom is 0.333 e. The van der Waals surface area contributed by atoms with Gasteiger partial charge in [0.2, 0.25) is 5.95 Å². The van der Waals surface area contributed by atoms with Gasteiger partial charge in [0.15, 0.2) is 5.69 Å². The van der Waals surface area contributed by atoms with E-state index in [1.165, 1.54) is 0 Å². The van der Waals surface area contributed by atoms with Crippen molar-refractivity contribution in [1.82, 2.24) is 20.2 Å². The maximum absolute atomic E-state index is 14.6. The van der Waals surface area contributed by atoms with Crippen molar-refractivity contribution in [1.29, 1.82) is 0 Å². The summed E-state index contributed by atoms with van der Waals surface area (Å²) in [5.74, 6) is -2.40. The molecule has 1 aliphatic carbocycles. The fourth-order valence-electron chi connectivity index (χ4n) is 3.39. The number of nitrogens with zero attached hydrogens (tertiary/aromatic N) is 4. The summed E-state index contributed by atoms with van der Waals surface area (Å²) in [6.07, 6.45) is 2.22. The third-order valence-electron chi connectivity index (χ3n) is 4.90. The number of halogens is 5. The third-order valence-corrected chi connectivity index (χ3v) is 5.17. The minimum Gasteiger partial charge on any atom is -0.371 e. The first-order valence-corrected chi connectivity index (χ1v) is 8.97. The first-order valence-electron chi connectivity index (χ1n) is 8.59. The highest BCUT2D eigenvalue weighted by atomic mass is 35.5. The third kappa shape index (κ3) is 3.43. The molecule has 9 nitrogen and oxygen atoms in total. The normalized spacial score (nSPS) is 25.2. The van der Waals surface area contributed by atoms with Crippen LogP contribution in [0.1, 0.15) is 29.0 Å². The number of carbonyl (C=O) groups excluding carboxylic acids is 1. The monoisotopic (exact) mass is 447 g/mol. The second kappa shape index (κ2) is 7.40. The zero-order valence-electron chi connectivity index (χ0n) is 15.0. The van der Waals surface area contributed by atoms with Gasteiger partial charge in [-0.05, 0) is 12.5 Å². The molecule has 14 heteroatoms. The SMILES string of the molecule is NC1=N[C@](CF)(c2cc(NC(=O)c3nn(C(F)F)cc3Cl)cnc2F)[C@H]2C[C@H]2NO1. The van der Waals surface area contributed by atoms with Crippen molar-refractivity contribution in [3.8, 4) is 0 Å². The number of amides is 1. The van der Waals surface area contributed by atoms with Crippen LogP contribution < -0.4 is 16.5 Å². The van der Waals surface area contributed by atoms with Crippen molar-refractivity contribution in [2.45, 2.75) is 24.6 Å². The molecule has 1 fully saturated rings. The lowest BCUT2D eigenvalue weighted by Crippen LogP contribution is -2.34. The van der Waals surface area contributed by atoms with Crippen molar-refractivity contribution in [2.75, 3.05) is 12.0 Å². The molecule has 0 aromatic carbocycles. The van der Waals surface area contributed by atoms with Gasteiger partial charge in [0.1, 0.15) is 12.2 Å². The molecule has 0 spiro atoms. The van der Waals surface area contributed by atoms with Crippen LogP contribution in [0.5, 0.6) is 0 Å². The molecule has 4 rings (SSSR count). The highest BCUT2D eigenvalue weighted by Crippen LogP contribution is 2.51. The number of rotatable bonds is 5. The number of alkyl halides is 3. The van der Waals surface area contributed by atoms with E-state index in [1.807, 2.05) is 0 Å². The van der Waals surface area contributed by atoms with Crippen LogP contribution in [-0.4, -0.2) is 39.4 Å². The van der Waals surface area contributed by atoms with E-state index in [2.05, 4.69) is 25.9 Å². The summed E-state index contributed by atoms with van der Waals surface area (Å²) < 4.78 is 54.4. The number of hydrogen-bond donors (Lipinski definition) is 3. The fraction of sp³-hybridized carbons (Fsp3) is 0.375. The number of carbonyl (C=O) groups is 1. The van der Waals surface area contributed by atoms with E-state index in [9.17, 15) is 22.4 Å². The molecule has 3 atom stereocenters. The van der Waals surface area contributed by atoms with E-state index in [-0.39, 0.29) is 33.0 Å². The van der Waals surface area contributed by atoms with Gasteiger partial charge in [-0.15, -0.1) is 5.48 Å². The van der Waals surface area contributed by atoms with E-state index >= 15 is 0 Å². The lowest BCUT2D eigenvalue weighted by Gasteiger charge is -2.27. The first kappa shape index (κ1) is 20.3. The van der Waals surface area contributed by atoms with Gasteiger partial charge in [0.25, 0.3) is 5.91 Å². The Morgan fingerprint density at radius 2 is 2.30 bits per heavy atom. The number of fused-ring (bicyclic) bond motifs is 1. The molecule has 2 aromatic rings. The van der Waals surface area contributed by atoms with Crippen LogP contribution in [0.2, 0.25) is 5.02 Å². The lowest BCUT2D eigenvalue weighted by atomic mass is 9.87. The summed E-state index contributed by atoms with van der Waals surface area (Å²) in [7, 11) is 0. The zero-order chi connectivity index (χ0) is 21.6. The predicted molar refractivity (Wildman–Crippen MR) is 96.0 cm³/mol. The average Bonchev–Trinajstić information content (AvgIpc) is 3.40. The minimum absolute atomic E-state index is 0.0454. The summed E-state index contributed by atoms with van der Waals surface area (Å²) in [5.41, 5.74) is 5.74. The van der Waals surface area contributed by atoms with Crippen LogP contribution in [0, 0.1) is 11.9 Å². The predicted octanol–water partition coefficient (Wildman–Crippen LogP) is 2.12. The van der Waals surface area contributed by atoms with Gasteiger partial charge in [0, 0.05) is 17.5 Å². The van der Waals surface area contributed by atoms with Crippen LogP contribution in [0.25, 0.3) is 0 Å². The number of nitrogens with two attached hydrogens (primary N) is 1. The van der Waals surface area contributed by atoms with Gasteiger partial charge >= 0.3 is 12.6 Å². The topological polar surface area (TPSA) is 119 Å². The van der Waals surface area contributed by atoms with Crippen molar-refractivity contribution >= 4 is 29.2 Å². The van der Waals surface area contributed by atoms with Gasteiger partial charge in [-0.1, -0.05) is 11.6 Å². The number of pyridine rings is 1. The molecule has 30 heavy (non-hydrogen) atoms. The van der Waals surface area contributed by atoms with Gasteiger partial charge in [-0.25, -0.2) is 19.0 Å². The summed E-state index contributed by atoms with van der Waals surface area (Å²) in [6.45, 7) is -4.09. The molecule has 0 unspecified atom stereocenters. The molecular formula is C16H14ClF4N7O2. The molecule has 0 bridgehead atoms. The van der Waals surface area contributed by atoms with Crippen LogP contribution in [0.15, 0.2) is 23.5 Å². The fourth-order valence-corrected chi connectivity index (χ4v) is 3.61. The molecule has 1 saturated carbocycles. The Balaban J connectivity index is 1.67. The molecule has 4 N–H and O–H groups in total. The average molecular weight is 448 g/mol. The summed E-state index contributed by atoms with van der Waals surface area (Å²) in [4.78, 5) is 24.9. The second-order valence-electron chi connectivity index (χ2n) is 6.78. The van der Waals surface area contributed by atoms with Crippen LogP contribution in [0.3, 0.4) is 0 Å². The van der Waals surface area contributed by atoms with E-state index < -0.39 is 42.2 Å². The molecule has 0 radical (unpaired) electrons. The Bertz CT molecular complexity index is 1030. The highest BCUT2D eigenvalue weighted by Gasteiger charge is 2.58. The van der Waals surface area contributed by atoms with E-state index in [0.29, 0.717) is 6.42 Å². The van der Waals surface area contributed by atoms with Crippen LogP contribution in [-0.2, 0) is 10.4 Å². The molecule has 2 aliphatic rings. The smallest absolute Gasteiger partial charge is 0.333 e. The van der Waals surface area contributed by atoms with Crippen molar-refractivity contribution < 1.29 is 27.2 Å². The van der Waals surface area contributed by atoms with Gasteiger partial charge in [-0.3, -0.25) is 4.79 Å². The first-order chi connectivity index (χ1) is 14.2. The van der Waals surface area contributed by atoms with Gasteiger partial charge in [0.05, 0.1) is 23.1 Å². The largest absolute Gasteiger partial charge is 0.371 e. The quantitative estimate of drug-likeness (QED) is 0.477. The summed E-state index contributed by atoms with van der Waals surface area (Å²) >= 11 is 5.78. The molecule has 3 heterocycles. The summed E-state index contributed by atoms with van der Waals surface area (Å²) in [5, 5.41) is 5.43. The molecule has 160 valence electrons. The number of amidine groups is 1. The molecule has 2 aromatic heterocycles. The molecule has 0 saturated heterocycles. The minimum atomic E-state index is -2.99. The Labute approximate surface area is 171 Å². The van der Waals surface area contributed by atoms with E-state index in [1.54, 1.807) is 0 Å². The number of hydroxylamine groups is 1. The second-order valence-corrected chi connectivity index (χ2v) is 7.18. The van der Waals surface area contributed by atoms with E-state index in [0.717, 1.165) is 18.5 Å². The molecular weight excluding hydrogens is 434 g/mol. The Morgan fingerprint density at radius 3 is 2.97 bits per heavy atom. The Kier molecular flexibility index (Phi) is 5.02. The number of aliphatic imine (C=N–C) groups is 1. The van der Waals surface area contributed by atoms with Crippen molar-refractivity contribution in [3.63, 3.8) is 0 Å². The lowest BCUT2D eigenvalue weighted by molar-refractivity contribution is 0.0561. The Hall–Kier alpha value is -2.93. The maximum atomic E-state index is 14.6. The molecule has 1 aliphatic heterocycles. The summed E-state index contributed by atoms with van der Waals surface area (Å²) in [6, 6.07) is 0.480. The van der Waals surface area contributed by atoms with Crippen LogP contribution in [0.4, 0.5) is 23.2 Å². The number of hydrogen-bond acceptors (Lipinski definition) is 7. The van der Waals surface area contributed by atoms with Crippen LogP contribution >= 0.6 is 11.6 Å². The zero-order valence-corrected chi connectivity index (χ0v) is 15.7. The van der Waals surface area contributed by atoms with Gasteiger partial charge < -0.3 is 15.9 Å². The number of nitrogens with one attached hydrogen (secondary N) is 2. The number of anilines is 1.